The molecule has 4 nitrogen and oxygen atoms in total. The zero-order chi connectivity index (χ0) is 29.4. The van der Waals surface area contributed by atoms with Crippen LogP contribution in [0.1, 0.15) is 25.0 Å². The summed E-state index contributed by atoms with van der Waals surface area (Å²) in [6.07, 6.45) is 0. The highest BCUT2D eigenvalue weighted by atomic mass is 15.2. The molecule has 6 aromatic carbocycles. The minimum Gasteiger partial charge on any atom is -0.277 e. The van der Waals surface area contributed by atoms with Gasteiger partial charge in [-0.25, -0.2) is 4.98 Å². The number of nitrogens with zero attached hydrogens (tertiary/aromatic N) is 4. The summed E-state index contributed by atoms with van der Waals surface area (Å²) < 4.78 is 2.27. The number of hydrogen-bond donors (Lipinski definition) is 0. The van der Waals surface area contributed by atoms with Gasteiger partial charge in [0, 0.05) is 32.9 Å². The molecule has 0 bridgehead atoms. The number of rotatable bonds is 3. The summed E-state index contributed by atoms with van der Waals surface area (Å²) >= 11 is 0. The van der Waals surface area contributed by atoms with Crippen molar-refractivity contribution < 1.29 is 0 Å². The highest BCUT2D eigenvalue weighted by molar-refractivity contribution is 6.22. The normalized spacial score (nSPS) is 13.4. The van der Waals surface area contributed by atoms with Crippen LogP contribution in [0.2, 0.25) is 0 Å². The molecular formula is C40H28N4. The predicted molar refractivity (Wildman–Crippen MR) is 180 cm³/mol. The van der Waals surface area contributed by atoms with Crippen LogP contribution in [0.15, 0.2) is 133 Å². The summed E-state index contributed by atoms with van der Waals surface area (Å²) in [7, 11) is 0. The number of benzene rings is 6. The van der Waals surface area contributed by atoms with Gasteiger partial charge in [-0.3, -0.25) is 4.57 Å². The Morgan fingerprint density at radius 3 is 1.89 bits per heavy atom. The fourth-order valence-corrected chi connectivity index (χ4v) is 7.18. The molecule has 0 N–H and O–H groups in total. The molecule has 0 amide bonds. The molecule has 0 spiro atoms. The quantitative estimate of drug-likeness (QED) is 0.215. The second-order valence-electron chi connectivity index (χ2n) is 12.1. The summed E-state index contributed by atoms with van der Waals surface area (Å²) in [6.45, 7) is 4.68. The molecule has 0 unspecified atom stereocenters. The Morgan fingerprint density at radius 1 is 0.545 bits per heavy atom. The average Bonchev–Trinajstić information content (AvgIpc) is 3.41. The first-order chi connectivity index (χ1) is 21.6. The van der Waals surface area contributed by atoms with Crippen molar-refractivity contribution in [2.45, 2.75) is 19.3 Å². The van der Waals surface area contributed by atoms with Crippen molar-refractivity contribution in [2.24, 2.45) is 0 Å². The zero-order valence-corrected chi connectivity index (χ0v) is 24.5. The lowest BCUT2D eigenvalue weighted by molar-refractivity contribution is 0.645. The van der Waals surface area contributed by atoms with Gasteiger partial charge in [0.15, 0.2) is 11.6 Å². The molecule has 1 aliphatic rings. The first-order valence-corrected chi connectivity index (χ1v) is 15.1. The van der Waals surface area contributed by atoms with Crippen molar-refractivity contribution in [2.75, 3.05) is 0 Å². The van der Waals surface area contributed by atoms with Crippen LogP contribution in [0.4, 0.5) is 0 Å². The minimum absolute atomic E-state index is 0.137. The first-order valence-electron chi connectivity index (χ1n) is 15.1. The second kappa shape index (κ2) is 9.19. The zero-order valence-electron chi connectivity index (χ0n) is 24.5. The van der Waals surface area contributed by atoms with Gasteiger partial charge >= 0.3 is 0 Å². The lowest BCUT2D eigenvalue weighted by Crippen LogP contribution is -2.23. The Bertz CT molecular complexity index is 2350. The lowest BCUT2D eigenvalue weighted by Gasteiger charge is -2.35. The van der Waals surface area contributed by atoms with E-state index in [0.717, 1.165) is 22.2 Å². The van der Waals surface area contributed by atoms with Crippen molar-refractivity contribution in [1.29, 1.82) is 0 Å². The number of hydrogen-bond acceptors (Lipinski definition) is 3. The van der Waals surface area contributed by atoms with Crippen LogP contribution >= 0.6 is 0 Å². The molecule has 1 aliphatic carbocycles. The standard InChI is InChI=1S/C40H28N4/c1-40(2)31-21-11-9-20-29(31)35-34-27(18-13-22-32(34)40)24-30-28-19-10-12-23-33(28)44(36(30)35)39-42-37(25-14-5-3-6-15-25)41-38(43-39)26-16-7-4-8-17-26/h3-24H,1-2H3. The molecular weight excluding hydrogens is 536 g/mol. The van der Waals surface area contributed by atoms with Gasteiger partial charge < -0.3 is 0 Å². The minimum atomic E-state index is -0.137. The molecule has 0 radical (unpaired) electrons. The monoisotopic (exact) mass is 564 g/mol. The fraction of sp³-hybridized carbons (Fsp3) is 0.0750. The molecule has 4 heteroatoms. The maximum atomic E-state index is 5.19. The summed E-state index contributed by atoms with van der Waals surface area (Å²) in [5.74, 6) is 1.91. The van der Waals surface area contributed by atoms with E-state index < -0.39 is 0 Å². The topological polar surface area (TPSA) is 43.6 Å². The summed E-state index contributed by atoms with van der Waals surface area (Å²) in [6, 6.07) is 47.0. The number of fused-ring (bicyclic) bond motifs is 6. The third-order valence-electron chi connectivity index (χ3n) is 9.23. The van der Waals surface area contributed by atoms with Gasteiger partial charge in [0.05, 0.1) is 11.0 Å². The SMILES string of the molecule is CC1(C)c2ccccc2-c2c3c1cccc3cc1c3ccccc3n(-c3nc(-c4ccccc4)nc(-c4ccccc4)n3)c21. The van der Waals surface area contributed by atoms with Crippen LogP contribution in [-0.4, -0.2) is 19.5 Å². The van der Waals surface area contributed by atoms with Crippen molar-refractivity contribution in [3.63, 3.8) is 0 Å². The Hall–Kier alpha value is -5.61. The highest BCUT2D eigenvalue weighted by Crippen LogP contribution is 2.52. The average molecular weight is 565 g/mol. The van der Waals surface area contributed by atoms with E-state index in [1.165, 1.54) is 43.8 Å². The second-order valence-corrected chi connectivity index (χ2v) is 12.1. The van der Waals surface area contributed by atoms with Crippen LogP contribution in [0.3, 0.4) is 0 Å². The number of aromatic nitrogens is 4. The molecule has 208 valence electrons. The van der Waals surface area contributed by atoms with Crippen LogP contribution < -0.4 is 0 Å². The molecule has 2 aromatic heterocycles. The molecule has 0 fully saturated rings. The van der Waals surface area contributed by atoms with E-state index in [0.29, 0.717) is 17.6 Å². The van der Waals surface area contributed by atoms with E-state index in [1.807, 2.05) is 36.4 Å². The van der Waals surface area contributed by atoms with Crippen molar-refractivity contribution in [1.82, 2.24) is 19.5 Å². The van der Waals surface area contributed by atoms with E-state index in [4.69, 9.17) is 15.0 Å². The smallest absolute Gasteiger partial charge is 0.238 e. The van der Waals surface area contributed by atoms with Crippen LogP contribution in [-0.2, 0) is 5.41 Å². The van der Waals surface area contributed by atoms with Gasteiger partial charge in [-0.05, 0) is 39.6 Å². The summed E-state index contributed by atoms with van der Waals surface area (Å²) in [5, 5.41) is 4.92. The maximum Gasteiger partial charge on any atom is 0.238 e. The van der Waals surface area contributed by atoms with Gasteiger partial charge in [0.2, 0.25) is 5.95 Å². The predicted octanol–water partition coefficient (Wildman–Crippen LogP) is 9.76. The Balaban J connectivity index is 1.48. The van der Waals surface area contributed by atoms with E-state index in [-0.39, 0.29) is 5.41 Å². The van der Waals surface area contributed by atoms with Gasteiger partial charge in [0.25, 0.3) is 0 Å². The maximum absolute atomic E-state index is 5.19. The Morgan fingerprint density at radius 2 is 1.16 bits per heavy atom. The third kappa shape index (κ3) is 3.48. The summed E-state index contributed by atoms with van der Waals surface area (Å²) in [4.78, 5) is 15.4. The fourth-order valence-electron chi connectivity index (χ4n) is 7.18. The third-order valence-corrected chi connectivity index (χ3v) is 9.23. The Kier molecular flexibility index (Phi) is 5.21. The van der Waals surface area contributed by atoms with Crippen molar-refractivity contribution in [3.05, 3.63) is 145 Å². The molecule has 2 heterocycles. The molecule has 0 saturated heterocycles. The largest absolute Gasteiger partial charge is 0.277 e. The lowest BCUT2D eigenvalue weighted by atomic mass is 9.68. The highest BCUT2D eigenvalue weighted by Gasteiger charge is 2.35. The van der Waals surface area contributed by atoms with Crippen LogP contribution in [0.5, 0.6) is 0 Å². The number of para-hydroxylation sites is 1. The molecule has 0 atom stereocenters. The van der Waals surface area contributed by atoms with Gasteiger partial charge in [-0.2, -0.15) is 9.97 Å². The first kappa shape index (κ1) is 24.9. The van der Waals surface area contributed by atoms with Gasteiger partial charge in [-0.15, -0.1) is 0 Å². The van der Waals surface area contributed by atoms with Gasteiger partial charge in [0.1, 0.15) is 0 Å². The van der Waals surface area contributed by atoms with E-state index >= 15 is 0 Å². The van der Waals surface area contributed by atoms with E-state index in [1.54, 1.807) is 0 Å². The van der Waals surface area contributed by atoms with Crippen LogP contribution in [0.25, 0.3) is 72.4 Å². The molecule has 44 heavy (non-hydrogen) atoms. The molecule has 9 rings (SSSR count). The van der Waals surface area contributed by atoms with Gasteiger partial charge in [-0.1, -0.05) is 135 Å². The van der Waals surface area contributed by atoms with Crippen molar-refractivity contribution in [3.8, 4) is 39.9 Å². The summed E-state index contributed by atoms with van der Waals surface area (Å²) in [5.41, 5.74) is 9.13. The van der Waals surface area contributed by atoms with Crippen LogP contribution in [0, 0.1) is 0 Å². The molecule has 0 saturated carbocycles. The Labute approximate surface area is 255 Å². The van der Waals surface area contributed by atoms with Crippen molar-refractivity contribution >= 4 is 32.6 Å². The molecule has 0 aliphatic heterocycles. The van der Waals surface area contributed by atoms with E-state index in [9.17, 15) is 0 Å². The molecule has 8 aromatic rings. The van der Waals surface area contributed by atoms with E-state index in [2.05, 4.69) is 115 Å².